The predicted molar refractivity (Wildman–Crippen MR) is 90.8 cm³/mol. The van der Waals surface area contributed by atoms with Gasteiger partial charge in [0.25, 0.3) is 0 Å². The molecule has 0 aromatic heterocycles. The Kier molecular flexibility index (Phi) is 3.98. The number of thiol groups is 1. The predicted octanol–water partition coefficient (Wildman–Crippen LogP) is 5.08. The smallest absolute Gasteiger partial charge is 0.115 e. The van der Waals surface area contributed by atoms with Crippen LogP contribution in [0.1, 0.15) is 16.4 Å². The van der Waals surface area contributed by atoms with Crippen LogP contribution in [0, 0.1) is 0 Å². The zero-order chi connectivity index (χ0) is 14.7. The second-order valence-electron chi connectivity index (χ2n) is 4.98. The van der Waals surface area contributed by atoms with Gasteiger partial charge >= 0.3 is 0 Å². The van der Waals surface area contributed by atoms with Crippen molar-refractivity contribution >= 4 is 12.6 Å². The molecule has 0 radical (unpaired) electrons. The molecule has 2 heteroatoms. The fourth-order valence-electron chi connectivity index (χ4n) is 2.34. The molecule has 0 aliphatic heterocycles. The third kappa shape index (κ3) is 3.11. The normalized spacial score (nSPS) is 12.0. The van der Waals surface area contributed by atoms with E-state index in [2.05, 4.69) is 49.0 Å². The third-order valence-electron chi connectivity index (χ3n) is 3.54. The van der Waals surface area contributed by atoms with Crippen molar-refractivity contribution in [3.05, 3.63) is 90.0 Å². The summed E-state index contributed by atoms with van der Waals surface area (Å²) in [6.07, 6.45) is 0. The first-order valence-electron chi connectivity index (χ1n) is 6.86. The maximum atomic E-state index is 9.35. The molecule has 3 aromatic carbocycles. The molecule has 1 nitrogen and oxygen atoms in total. The molecule has 1 N–H and O–H groups in total. The number of phenolic OH excluding ortho intramolecular Hbond substituents is 1. The lowest BCUT2D eigenvalue weighted by molar-refractivity contribution is 0.475. The first kappa shape index (κ1) is 13.8. The summed E-state index contributed by atoms with van der Waals surface area (Å²) in [7, 11) is 0. The molecular weight excluding hydrogens is 276 g/mol. The van der Waals surface area contributed by atoms with E-state index in [1.807, 2.05) is 30.3 Å². The first-order chi connectivity index (χ1) is 10.2. The molecular formula is C19H16OS. The molecule has 0 amide bonds. The van der Waals surface area contributed by atoms with Gasteiger partial charge in [-0.3, -0.25) is 0 Å². The molecule has 0 bridgehead atoms. The summed E-state index contributed by atoms with van der Waals surface area (Å²) in [6, 6.07) is 25.9. The molecule has 0 aliphatic rings. The summed E-state index contributed by atoms with van der Waals surface area (Å²) in [5.74, 6) is 0.277. The minimum Gasteiger partial charge on any atom is -0.508 e. The van der Waals surface area contributed by atoms with Crippen LogP contribution >= 0.6 is 12.6 Å². The van der Waals surface area contributed by atoms with Crippen molar-refractivity contribution in [1.82, 2.24) is 0 Å². The summed E-state index contributed by atoms with van der Waals surface area (Å²) in [6.45, 7) is 0. The minimum atomic E-state index is 0.00965. The van der Waals surface area contributed by atoms with Crippen molar-refractivity contribution in [2.45, 2.75) is 5.25 Å². The van der Waals surface area contributed by atoms with Crippen molar-refractivity contribution in [2.75, 3.05) is 0 Å². The number of phenols is 1. The Balaban J connectivity index is 1.85. The molecule has 1 unspecified atom stereocenters. The molecule has 0 spiro atoms. The summed E-state index contributed by atoms with van der Waals surface area (Å²) in [5.41, 5.74) is 4.63. The molecule has 21 heavy (non-hydrogen) atoms. The standard InChI is InChI=1S/C19H16OS/c20-18-12-10-17(11-13-18)19(21)16-8-6-15(7-9-16)14-4-2-1-3-5-14/h1-13,19-21H. The van der Waals surface area contributed by atoms with E-state index in [9.17, 15) is 5.11 Å². The Hall–Kier alpha value is -2.19. The first-order valence-corrected chi connectivity index (χ1v) is 7.38. The van der Waals surface area contributed by atoms with Gasteiger partial charge in [-0.25, -0.2) is 0 Å². The highest BCUT2D eigenvalue weighted by Crippen LogP contribution is 2.30. The topological polar surface area (TPSA) is 20.2 Å². The van der Waals surface area contributed by atoms with E-state index in [4.69, 9.17) is 0 Å². The number of benzene rings is 3. The molecule has 1 atom stereocenters. The zero-order valence-corrected chi connectivity index (χ0v) is 12.4. The average Bonchev–Trinajstić information content (AvgIpc) is 2.56. The maximum absolute atomic E-state index is 9.35. The Bertz CT molecular complexity index is 703. The fourth-order valence-corrected chi connectivity index (χ4v) is 2.68. The van der Waals surface area contributed by atoms with Gasteiger partial charge in [0.05, 0.1) is 5.25 Å². The highest BCUT2D eigenvalue weighted by molar-refractivity contribution is 7.80. The van der Waals surface area contributed by atoms with Crippen LogP contribution in [0.3, 0.4) is 0 Å². The SMILES string of the molecule is Oc1ccc(C(S)c2ccc(-c3ccccc3)cc2)cc1. The molecule has 104 valence electrons. The van der Waals surface area contributed by atoms with Gasteiger partial charge in [0.1, 0.15) is 5.75 Å². The van der Waals surface area contributed by atoms with Crippen LogP contribution in [-0.4, -0.2) is 5.11 Å². The molecule has 3 rings (SSSR count). The second-order valence-corrected chi connectivity index (χ2v) is 5.50. The molecule has 3 aromatic rings. The maximum Gasteiger partial charge on any atom is 0.115 e. The highest BCUT2D eigenvalue weighted by atomic mass is 32.1. The van der Waals surface area contributed by atoms with E-state index in [0.717, 1.165) is 11.1 Å². The van der Waals surface area contributed by atoms with Crippen molar-refractivity contribution in [2.24, 2.45) is 0 Å². The Labute approximate surface area is 130 Å². The lowest BCUT2D eigenvalue weighted by atomic mass is 10.00. The van der Waals surface area contributed by atoms with Gasteiger partial charge in [-0.1, -0.05) is 66.7 Å². The van der Waals surface area contributed by atoms with E-state index in [1.165, 1.54) is 11.1 Å². The quantitative estimate of drug-likeness (QED) is 0.645. The van der Waals surface area contributed by atoms with Gasteiger partial charge in [0, 0.05) is 0 Å². The van der Waals surface area contributed by atoms with Crippen molar-refractivity contribution in [3.8, 4) is 16.9 Å². The van der Waals surface area contributed by atoms with E-state index >= 15 is 0 Å². The fraction of sp³-hybridized carbons (Fsp3) is 0.0526. The third-order valence-corrected chi connectivity index (χ3v) is 4.14. The second kappa shape index (κ2) is 6.06. The molecule has 0 aliphatic carbocycles. The molecule has 0 fully saturated rings. The zero-order valence-electron chi connectivity index (χ0n) is 11.5. The van der Waals surface area contributed by atoms with E-state index < -0.39 is 0 Å². The largest absolute Gasteiger partial charge is 0.508 e. The number of hydrogen-bond donors (Lipinski definition) is 2. The minimum absolute atomic E-state index is 0.00965. The number of aromatic hydroxyl groups is 1. The summed E-state index contributed by atoms with van der Waals surface area (Å²) < 4.78 is 0. The number of hydrogen-bond acceptors (Lipinski definition) is 2. The highest BCUT2D eigenvalue weighted by Gasteiger charge is 2.09. The van der Waals surface area contributed by atoms with Gasteiger partial charge in [-0.15, -0.1) is 0 Å². The van der Waals surface area contributed by atoms with Crippen molar-refractivity contribution < 1.29 is 5.11 Å². The van der Waals surface area contributed by atoms with Crippen LogP contribution in [0.2, 0.25) is 0 Å². The van der Waals surface area contributed by atoms with Gasteiger partial charge < -0.3 is 5.11 Å². The Morgan fingerprint density at radius 1 is 0.619 bits per heavy atom. The van der Waals surface area contributed by atoms with Crippen LogP contribution in [-0.2, 0) is 0 Å². The van der Waals surface area contributed by atoms with Crippen molar-refractivity contribution in [3.63, 3.8) is 0 Å². The molecule has 0 saturated heterocycles. The molecule has 0 saturated carbocycles. The lowest BCUT2D eigenvalue weighted by Gasteiger charge is -2.12. The Morgan fingerprint density at radius 2 is 1.10 bits per heavy atom. The lowest BCUT2D eigenvalue weighted by Crippen LogP contribution is -1.93. The monoisotopic (exact) mass is 292 g/mol. The van der Waals surface area contributed by atoms with Crippen LogP contribution < -0.4 is 0 Å². The van der Waals surface area contributed by atoms with Gasteiger partial charge in [0.2, 0.25) is 0 Å². The summed E-state index contributed by atoms with van der Waals surface area (Å²) in [5, 5.41) is 9.36. The Morgan fingerprint density at radius 3 is 1.67 bits per heavy atom. The van der Waals surface area contributed by atoms with E-state index in [1.54, 1.807) is 12.1 Å². The van der Waals surface area contributed by atoms with Crippen LogP contribution in [0.4, 0.5) is 0 Å². The molecule has 0 heterocycles. The summed E-state index contributed by atoms with van der Waals surface area (Å²) in [4.78, 5) is 0. The summed E-state index contributed by atoms with van der Waals surface area (Å²) >= 11 is 4.68. The van der Waals surface area contributed by atoms with Crippen LogP contribution in [0.15, 0.2) is 78.9 Å². The average molecular weight is 292 g/mol. The van der Waals surface area contributed by atoms with Gasteiger partial charge in [0.15, 0.2) is 0 Å². The number of rotatable bonds is 3. The van der Waals surface area contributed by atoms with Gasteiger partial charge in [-0.05, 0) is 34.4 Å². The van der Waals surface area contributed by atoms with Crippen LogP contribution in [0.5, 0.6) is 5.75 Å². The van der Waals surface area contributed by atoms with E-state index in [0.29, 0.717) is 0 Å². The van der Waals surface area contributed by atoms with Gasteiger partial charge in [-0.2, -0.15) is 12.6 Å². The van der Waals surface area contributed by atoms with E-state index in [-0.39, 0.29) is 11.0 Å². The van der Waals surface area contributed by atoms with Crippen molar-refractivity contribution in [1.29, 1.82) is 0 Å². The van der Waals surface area contributed by atoms with Crippen LogP contribution in [0.25, 0.3) is 11.1 Å².